The van der Waals surface area contributed by atoms with Gasteiger partial charge in [0.15, 0.2) is 5.92 Å². The van der Waals surface area contributed by atoms with Crippen LogP contribution in [0.15, 0.2) is 0 Å². The first-order valence-electron chi connectivity index (χ1n) is 4.85. The van der Waals surface area contributed by atoms with E-state index in [9.17, 15) is 18.0 Å². The molecule has 0 saturated carbocycles. The van der Waals surface area contributed by atoms with Gasteiger partial charge in [0, 0.05) is 17.6 Å². The summed E-state index contributed by atoms with van der Waals surface area (Å²) in [5, 5.41) is 8.45. The molecule has 0 aromatic heterocycles. The van der Waals surface area contributed by atoms with Gasteiger partial charge in [0.1, 0.15) is 0 Å². The molecule has 0 aromatic rings. The SMILES string of the molecule is CC1OCCC1SCC(C(=O)O)C(F)(F)F. The number of carboxylic acid groups (broad SMARTS) is 1. The van der Waals surface area contributed by atoms with Crippen molar-refractivity contribution in [1.82, 2.24) is 0 Å². The van der Waals surface area contributed by atoms with Crippen LogP contribution in [0.2, 0.25) is 0 Å². The van der Waals surface area contributed by atoms with Crippen molar-refractivity contribution in [1.29, 1.82) is 0 Å². The number of carboxylic acids is 1. The van der Waals surface area contributed by atoms with Crippen molar-refractivity contribution in [3.05, 3.63) is 0 Å². The summed E-state index contributed by atoms with van der Waals surface area (Å²) in [4.78, 5) is 10.5. The Balaban J connectivity index is 2.47. The maximum absolute atomic E-state index is 12.3. The van der Waals surface area contributed by atoms with E-state index in [0.29, 0.717) is 13.0 Å². The molecule has 1 N–H and O–H groups in total. The van der Waals surface area contributed by atoms with E-state index < -0.39 is 23.8 Å². The van der Waals surface area contributed by atoms with Gasteiger partial charge < -0.3 is 9.84 Å². The molecule has 1 aliphatic heterocycles. The summed E-state index contributed by atoms with van der Waals surface area (Å²) in [6.07, 6.45) is -4.11. The minimum atomic E-state index is -4.68. The van der Waals surface area contributed by atoms with Gasteiger partial charge in [0.05, 0.1) is 6.10 Å². The van der Waals surface area contributed by atoms with Crippen LogP contribution in [0.5, 0.6) is 0 Å². The Hall–Kier alpha value is -0.430. The van der Waals surface area contributed by atoms with Gasteiger partial charge in [0.2, 0.25) is 0 Å². The predicted octanol–water partition coefficient (Wildman–Crippen LogP) is 2.16. The van der Waals surface area contributed by atoms with Gasteiger partial charge >= 0.3 is 12.1 Å². The number of rotatable bonds is 4. The highest BCUT2D eigenvalue weighted by Gasteiger charge is 2.45. The van der Waals surface area contributed by atoms with Crippen molar-refractivity contribution in [3.8, 4) is 0 Å². The first-order chi connectivity index (χ1) is 7.32. The normalized spacial score (nSPS) is 28.0. The summed E-state index contributed by atoms with van der Waals surface area (Å²) < 4.78 is 42.1. The summed E-state index contributed by atoms with van der Waals surface area (Å²) in [5.74, 6) is -4.55. The van der Waals surface area contributed by atoms with Gasteiger partial charge in [-0.05, 0) is 13.3 Å². The molecular formula is C9H13F3O3S. The van der Waals surface area contributed by atoms with Crippen LogP contribution in [0.1, 0.15) is 13.3 Å². The van der Waals surface area contributed by atoms with Gasteiger partial charge in [0.25, 0.3) is 0 Å². The van der Waals surface area contributed by atoms with Crippen LogP contribution in [-0.2, 0) is 9.53 Å². The van der Waals surface area contributed by atoms with Crippen molar-refractivity contribution >= 4 is 17.7 Å². The smallest absolute Gasteiger partial charge is 0.403 e. The molecule has 1 fully saturated rings. The fourth-order valence-corrected chi connectivity index (χ4v) is 2.84. The van der Waals surface area contributed by atoms with E-state index in [1.165, 1.54) is 0 Å². The molecule has 94 valence electrons. The van der Waals surface area contributed by atoms with Crippen LogP contribution in [-0.4, -0.2) is 41.0 Å². The minimum Gasteiger partial charge on any atom is -0.481 e. The molecule has 1 rings (SSSR count). The molecule has 7 heteroatoms. The Morgan fingerprint density at radius 2 is 2.25 bits per heavy atom. The number of ether oxygens (including phenoxy) is 1. The van der Waals surface area contributed by atoms with Crippen LogP contribution in [0, 0.1) is 5.92 Å². The van der Waals surface area contributed by atoms with Crippen LogP contribution >= 0.6 is 11.8 Å². The van der Waals surface area contributed by atoms with Crippen molar-refractivity contribution in [2.45, 2.75) is 30.9 Å². The van der Waals surface area contributed by atoms with E-state index in [1.54, 1.807) is 6.92 Å². The summed E-state index contributed by atoms with van der Waals surface area (Å²) in [6.45, 7) is 2.32. The largest absolute Gasteiger partial charge is 0.481 e. The van der Waals surface area contributed by atoms with Gasteiger partial charge in [-0.25, -0.2) is 0 Å². The number of halogens is 3. The molecule has 0 aliphatic carbocycles. The third-order valence-electron chi connectivity index (χ3n) is 2.48. The minimum absolute atomic E-state index is 0.0378. The fourth-order valence-electron chi connectivity index (χ4n) is 1.46. The molecule has 3 atom stereocenters. The zero-order valence-electron chi connectivity index (χ0n) is 8.66. The van der Waals surface area contributed by atoms with Crippen molar-refractivity contribution in [3.63, 3.8) is 0 Å². The Morgan fingerprint density at radius 3 is 2.62 bits per heavy atom. The number of thioether (sulfide) groups is 1. The maximum Gasteiger partial charge on any atom is 0.403 e. The zero-order valence-corrected chi connectivity index (χ0v) is 9.48. The first-order valence-corrected chi connectivity index (χ1v) is 5.90. The highest BCUT2D eigenvalue weighted by Crippen LogP contribution is 2.33. The number of aliphatic carboxylic acids is 1. The van der Waals surface area contributed by atoms with Crippen molar-refractivity contribution in [2.24, 2.45) is 5.92 Å². The molecule has 0 aromatic carbocycles. The number of carbonyl (C=O) groups is 1. The lowest BCUT2D eigenvalue weighted by Crippen LogP contribution is -2.33. The second kappa shape index (κ2) is 5.27. The molecule has 0 radical (unpaired) electrons. The Kier molecular flexibility index (Phi) is 4.49. The summed E-state index contributed by atoms with van der Waals surface area (Å²) in [7, 11) is 0. The van der Waals surface area contributed by atoms with Crippen molar-refractivity contribution < 1.29 is 27.8 Å². The predicted molar refractivity (Wildman–Crippen MR) is 53.5 cm³/mol. The second-order valence-corrected chi connectivity index (χ2v) is 4.94. The molecule has 1 saturated heterocycles. The number of hydrogen-bond acceptors (Lipinski definition) is 3. The molecule has 1 aliphatic rings. The fraction of sp³-hybridized carbons (Fsp3) is 0.889. The van der Waals surface area contributed by atoms with E-state index in [1.807, 2.05) is 0 Å². The average molecular weight is 258 g/mol. The van der Waals surface area contributed by atoms with Gasteiger partial charge in [-0.1, -0.05) is 0 Å². The topological polar surface area (TPSA) is 46.5 Å². The Morgan fingerprint density at radius 1 is 1.62 bits per heavy atom. The van der Waals surface area contributed by atoms with Crippen LogP contribution in [0.4, 0.5) is 13.2 Å². The molecule has 3 unspecified atom stereocenters. The summed E-state index contributed by atoms with van der Waals surface area (Å²) in [5.41, 5.74) is 0. The van der Waals surface area contributed by atoms with E-state index in [2.05, 4.69) is 0 Å². The maximum atomic E-state index is 12.3. The average Bonchev–Trinajstić information content (AvgIpc) is 2.49. The number of alkyl halides is 3. The molecular weight excluding hydrogens is 245 g/mol. The highest BCUT2D eigenvalue weighted by atomic mass is 32.2. The molecule has 1 heterocycles. The Labute approximate surface area is 95.3 Å². The quantitative estimate of drug-likeness (QED) is 0.839. The molecule has 3 nitrogen and oxygen atoms in total. The summed E-state index contributed by atoms with van der Waals surface area (Å²) >= 11 is 1.03. The zero-order chi connectivity index (χ0) is 12.3. The van der Waals surface area contributed by atoms with Crippen LogP contribution in [0.25, 0.3) is 0 Å². The van der Waals surface area contributed by atoms with E-state index in [0.717, 1.165) is 11.8 Å². The van der Waals surface area contributed by atoms with Gasteiger partial charge in [-0.15, -0.1) is 0 Å². The summed E-state index contributed by atoms with van der Waals surface area (Å²) in [6, 6.07) is 0. The molecule has 0 spiro atoms. The van der Waals surface area contributed by atoms with Gasteiger partial charge in [-0.3, -0.25) is 4.79 Å². The van der Waals surface area contributed by atoms with Crippen molar-refractivity contribution in [2.75, 3.05) is 12.4 Å². The van der Waals surface area contributed by atoms with Crippen LogP contribution in [0.3, 0.4) is 0 Å². The highest BCUT2D eigenvalue weighted by molar-refractivity contribution is 8.00. The lowest BCUT2D eigenvalue weighted by Gasteiger charge is -2.19. The lowest BCUT2D eigenvalue weighted by molar-refractivity contribution is -0.188. The molecule has 0 amide bonds. The monoisotopic (exact) mass is 258 g/mol. The lowest BCUT2D eigenvalue weighted by atomic mass is 10.2. The molecule has 16 heavy (non-hydrogen) atoms. The van der Waals surface area contributed by atoms with Crippen LogP contribution < -0.4 is 0 Å². The number of hydrogen-bond donors (Lipinski definition) is 1. The third-order valence-corrected chi connectivity index (χ3v) is 4.05. The second-order valence-electron chi connectivity index (χ2n) is 3.67. The van der Waals surface area contributed by atoms with Gasteiger partial charge in [-0.2, -0.15) is 24.9 Å². The van der Waals surface area contributed by atoms with E-state index >= 15 is 0 Å². The van der Waals surface area contributed by atoms with E-state index in [4.69, 9.17) is 9.84 Å². The Bertz CT molecular complexity index is 257. The molecule has 0 bridgehead atoms. The first kappa shape index (κ1) is 13.6. The third kappa shape index (κ3) is 3.55. The van der Waals surface area contributed by atoms with E-state index in [-0.39, 0.29) is 11.4 Å². The standard InChI is InChI=1S/C9H13F3O3S/c1-5-7(2-3-15-5)16-4-6(8(13)14)9(10,11)12/h5-7H,2-4H2,1H3,(H,13,14).